The molecule has 3 N–H and O–H groups in total. The summed E-state index contributed by atoms with van der Waals surface area (Å²) in [4.78, 5) is 23.1. The van der Waals surface area contributed by atoms with Gasteiger partial charge in [0.05, 0.1) is 18.4 Å². The number of phenolic OH excluding ortho intramolecular Hbond substituents is 1. The van der Waals surface area contributed by atoms with Crippen molar-refractivity contribution in [2.45, 2.75) is 6.92 Å². The number of nitrogens with one attached hydrogen (secondary N) is 1. The molecule has 154 valence electrons. The Morgan fingerprint density at radius 3 is 2.47 bits per heavy atom. The van der Waals surface area contributed by atoms with E-state index in [0.29, 0.717) is 23.7 Å². The molecule has 0 radical (unpaired) electrons. The zero-order valence-corrected chi connectivity index (χ0v) is 16.2. The molecule has 1 amide bonds. The number of aromatic hydroxyl groups is 1. The molecule has 30 heavy (non-hydrogen) atoms. The number of carboxylic acid groups (broad SMARTS) is 1. The molecular weight excluding hydrogens is 388 g/mol. The average molecular weight is 408 g/mol. The Morgan fingerprint density at radius 1 is 1.03 bits per heavy atom. The maximum atomic E-state index is 12.4. The van der Waals surface area contributed by atoms with Crippen LogP contribution in [0.2, 0.25) is 0 Å². The van der Waals surface area contributed by atoms with Crippen LogP contribution in [0.3, 0.4) is 0 Å². The Hall–Kier alpha value is -4.07. The molecule has 8 nitrogen and oxygen atoms in total. The highest BCUT2D eigenvalue weighted by Gasteiger charge is 2.12. The van der Waals surface area contributed by atoms with Crippen molar-refractivity contribution < 1.29 is 29.3 Å². The number of fused-ring (bicyclic) bond motifs is 1. The van der Waals surface area contributed by atoms with Crippen molar-refractivity contribution in [2.24, 2.45) is 5.10 Å². The maximum absolute atomic E-state index is 12.4. The van der Waals surface area contributed by atoms with Crippen molar-refractivity contribution in [3.8, 4) is 17.2 Å². The third-order valence-electron chi connectivity index (χ3n) is 4.11. The van der Waals surface area contributed by atoms with E-state index >= 15 is 0 Å². The Balaban J connectivity index is 1.72. The fraction of sp³-hybridized carbons (Fsp3) is 0.136. The minimum atomic E-state index is -1.09. The van der Waals surface area contributed by atoms with E-state index in [2.05, 4.69) is 10.5 Å². The predicted octanol–water partition coefficient (Wildman–Crippen LogP) is 3.17. The van der Waals surface area contributed by atoms with Crippen LogP contribution in [0.4, 0.5) is 0 Å². The molecule has 0 bridgehead atoms. The number of aliphatic carboxylic acids is 1. The summed E-state index contributed by atoms with van der Waals surface area (Å²) in [6.45, 7) is 1.67. The summed E-state index contributed by atoms with van der Waals surface area (Å²) in [7, 11) is 0. The highest BCUT2D eigenvalue weighted by molar-refractivity contribution is 6.01. The Kier molecular flexibility index (Phi) is 6.49. The van der Waals surface area contributed by atoms with Gasteiger partial charge < -0.3 is 19.7 Å². The number of rotatable bonds is 8. The second-order valence-electron chi connectivity index (χ2n) is 6.24. The van der Waals surface area contributed by atoms with Gasteiger partial charge in [-0.05, 0) is 53.6 Å². The fourth-order valence-corrected chi connectivity index (χ4v) is 2.77. The van der Waals surface area contributed by atoms with Crippen molar-refractivity contribution in [1.82, 2.24) is 5.43 Å². The number of amides is 1. The third kappa shape index (κ3) is 5.05. The molecule has 3 aromatic carbocycles. The van der Waals surface area contributed by atoms with Crippen LogP contribution in [0.1, 0.15) is 22.8 Å². The molecule has 0 aliphatic rings. The minimum Gasteiger partial charge on any atom is -0.507 e. The monoisotopic (exact) mass is 408 g/mol. The zero-order valence-electron chi connectivity index (χ0n) is 16.2. The minimum absolute atomic E-state index is 0.110. The lowest BCUT2D eigenvalue weighted by Crippen LogP contribution is -2.17. The van der Waals surface area contributed by atoms with Crippen molar-refractivity contribution in [3.63, 3.8) is 0 Å². The summed E-state index contributed by atoms with van der Waals surface area (Å²) >= 11 is 0. The lowest BCUT2D eigenvalue weighted by molar-refractivity contribution is -0.139. The molecule has 0 fully saturated rings. The number of phenols is 1. The van der Waals surface area contributed by atoms with Crippen molar-refractivity contribution in [3.05, 3.63) is 65.7 Å². The summed E-state index contributed by atoms with van der Waals surface area (Å²) in [5.41, 5.74) is 3.09. The second-order valence-corrected chi connectivity index (χ2v) is 6.24. The fourth-order valence-electron chi connectivity index (χ4n) is 2.77. The number of nitrogens with zero attached hydrogens (tertiary/aromatic N) is 1. The molecular formula is C22H20N2O6. The van der Waals surface area contributed by atoms with Crippen molar-refractivity contribution in [1.29, 1.82) is 0 Å². The number of carbonyl (C=O) groups is 2. The van der Waals surface area contributed by atoms with E-state index in [1.165, 1.54) is 12.3 Å². The molecule has 0 atom stereocenters. The zero-order chi connectivity index (χ0) is 21.5. The molecule has 0 aliphatic heterocycles. The highest BCUT2D eigenvalue weighted by atomic mass is 16.5. The summed E-state index contributed by atoms with van der Waals surface area (Å²) in [6, 6.07) is 15.3. The predicted molar refractivity (Wildman–Crippen MR) is 111 cm³/mol. The lowest BCUT2D eigenvalue weighted by Gasteiger charge is -2.11. The van der Waals surface area contributed by atoms with Gasteiger partial charge in [-0.2, -0.15) is 5.10 Å². The SMILES string of the molecule is CCOc1cc(C=NNC(=O)c2cc3ccccc3cc2O)ccc1OCC(=O)O. The van der Waals surface area contributed by atoms with Crippen molar-refractivity contribution >= 4 is 28.9 Å². The quantitative estimate of drug-likeness (QED) is 0.389. The molecule has 0 unspecified atom stereocenters. The van der Waals surface area contributed by atoms with Crippen LogP contribution in [0, 0.1) is 0 Å². The van der Waals surface area contributed by atoms with Gasteiger partial charge >= 0.3 is 5.97 Å². The van der Waals surface area contributed by atoms with Gasteiger partial charge in [-0.15, -0.1) is 0 Å². The Morgan fingerprint density at radius 2 is 1.77 bits per heavy atom. The first-order valence-electron chi connectivity index (χ1n) is 9.14. The number of hydrazone groups is 1. The topological polar surface area (TPSA) is 117 Å². The molecule has 0 spiro atoms. The van der Waals surface area contributed by atoms with Crippen molar-refractivity contribution in [2.75, 3.05) is 13.2 Å². The Labute approximate surface area is 172 Å². The number of hydrogen-bond donors (Lipinski definition) is 3. The first kappa shape index (κ1) is 20.7. The van der Waals surface area contributed by atoms with E-state index in [-0.39, 0.29) is 11.3 Å². The van der Waals surface area contributed by atoms with Gasteiger partial charge in [0.25, 0.3) is 5.91 Å². The molecule has 0 saturated heterocycles. The summed E-state index contributed by atoms with van der Waals surface area (Å²) in [5, 5.41) is 24.4. The number of hydrogen-bond acceptors (Lipinski definition) is 6. The van der Waals surface area contributed by atoms with Gasteiger partial charge in [-0.25, -0.2) is 10.2 Å². The largest absolute Gasteiger partial charge is 0.507 e. The van der Waals surface area contributed by atoms with Crippen LogP contribution in [-0.2, 0) is 4.79 Å². The molecule has 0 heterocycles. The lowest BCUT2D eigenvalue weighted by atomic mass is 10.1. The van der Waals surface area contributed by atoms with E-state index < -0.39 is 18.5 Å². The molecule has 0 aromatic heterocycles. The normalized spacial score (nSPS) is 10.8. The number of carbonyl (C=O) groups excluding carboxylic acids is 1. The highest BCUT2D eigenvalue weighted by Crippen LogP contribution is 2.28. The van der Waals surface area contributed by atoms with E-state index in [0.717, 1.165) is 10.8 Å². The van der Waals surface area contributed by atoms with Crippen LogP contribution in [0.5, 0.6) is 17.2 Å². The van der Waals surface area contributed by atoms with Gasteiger partial charge in [-0.1, -0.05) is 24.3 Å². The first-order valence-corrected chi connectivity index (χ1v) is 9.14. The van der Waals surface area contributed by atoms with Crippen LogP contribution in [-0.4, -0.2) is 41.5 Å². The molecule has 3 rings (SSSR count). The van der Waals surface area contributed by atoms with Crippen LogP contribution >= 0.6 is 0 Å². The molecule has 8 heteroatoms. The van der Waals surface area contributed by atoms with E-state index in [1.807, 2.05) is 24.3 Å². The maximum Gasteiger partial charge on any atom is 0.341 e. The summed E-state index contributed by atoms with van der Waals surface area (Å²) in [5.74, 6) is -1.13. The van der Waals surface area contributed by atoms with Gasteiger partial charge in [-0.3, -0.25) is 4.79 Å². The van der Waals surface area contributed by atoms with Crippen LogP contribution in [0.15, 0.2) is 59.7 Å². The molecule has 0 aliphatic carbocycles. The third-order valence-corrected chi connectivity index (χ3v) is 4.11. The summed E-state index contributed by atoms with van der Waals surface area (Å²) in [6.07, 6.45) is 1.40. The van der Waals surface area contributed by atoms with Crippen LogP contribution in [0.25, 0.3) is 10.8 Å². The van der Waals surface area contributed by atoms with Crippen LogP contribution < -0.4 is 14.9 Å². The van der Waals surface area contributed by atoms with Gasteiger partial charge in [0.15, 0.2) is 18.1 Å². The number of benzene rings is 3. The molecule has 0 saturated carbocycles. The summed E-state index contributed by atoms with van der Waals surface area (Å²) < 4.78 is 10.7. The molecule has 3 aromatic rings. The standard InChI is InChI=1S/C22H20N2O6/c1-2-29-20-9-14(7-8-19(20)30-13-21(26)27)12-23-24-22(28)17-10-15-5-3-4-6-16(15)11-18(17)25/h3-12,25H,2,13H2,1H3,(H,24,28)(H,26,27). The van der Waals surface area contributed by atoms with Gasteiger partial charge in [0.2, 0.25) is 0 Å². The first-order chi connectivity index (χ1) is 14.5. The van der Waals surface area contributed by atoms with Gasteiger partial charge in [0, 0.05) is 0 Å². The number of ether oxygens (including phenoxy) is 2. The second kappa shape index (κ2) is 9.42. The van der Waals surface area contributed by atoms with Gasteiger partial charge in [0.1, 0.15) is 5.75 Å². The van der Waals surface area contributed by atoms with E-state index in [1.54, 1.807) is 31.2 Å². The number of carboxylic acids is 1. The smallest absolute Gasteiger partial charge is 0.341 e. The Bertz CT molecular complexity index is 1110. The average Bonchev–Trinajstić information content (AvgIpc) is 2.72. The van der Waals surface area contributed by atoms with E-state index in [4.69, 9.17) is 14.6 Å². The van der Waals surface area contributed by atoms with E-state index in [9.17, 15) is 14.7 Å².